The maximum Gasteiger partial charge on any atom is 0.549 e. The van der Waals surface area contributed by atoms with Gasteiger partial charge in [0.15, 0.2) is 0 Å². The number of rotatable bonds is 4. The van der Waals surface area contributed by atoms with Gasteiger partial charge in [-0.15, -0.1) is 0 Å². The van der Waals surface area contributed by atoms with Crippen LogP contribution in [0.1, 0.15) is 44.6 Å². The Balaban J connectivity index is 1.75. The van der Waals surface area contributed by atoms with Gasteiger partial charge in [-0.2, -0.15) is 9.28 Å². The number of amides is 4. The average Bonchev–Trinajstić information content (AvgIpc) is 3.18. The lowest BCUT2D eigenvalue weighted by atomic mass is 10.1. The molecule has 7 heteroatoms. The fourth-order valence-corrected chi connectivity index (χ4v) is 3.72. The highest BCUT2D eigenvalue weighted by Crippen LogP contribution is 2.31. The van der Waals surface area contributed by atoms with Crippen molar-refractivity contribution in [2.24, 2.45) is 0 Å². The number of carbonyl (C=O) groups is 4. The van der Waals surface area contributed by atoms with E-state index in [-0.39, 0.29) is 31.2 Å². The van der Waals surface area contributed by atoms with E-state index >= 15 is 0 Å². The normalized spacial score (nSPS) is 25.6. The first-order valence-electron chi connectivity index (χ1n) is 8.98. The Hall–Kier alpha value is -2.54. The van der Waals surface area contributed by atoms with Crippen molar-refractivity contribution in [2.45, 2.75) is 51.5 Å². The number of nitrogens with zero attached hydrogens (tertiary/aromatic N) is 2. The van der Waals surface area contributed by atoms with Gasteiger partial charge >= 0.3 is 12.0 Å². The standard InChI is InChI=1S/C19H23N2O5/c1-14-6-5-13-21(14,18(24)12-9-15-7-3-2-4-8-15)19(25)26-20-16(22)10-11-17(20)23/h2-4,7-8,14H,5-6,9-13H2,1H3/q+1/t14-,21?/m1/s1. The molecule has 2 aliphatic rings. The van der Waals surface area contributed by atoms with Gasteiger partial charge in [0, 0.05) is 25.7 Å². The molecule has 2 atom stereocenters. The smallest absolute Gasteiger partial charge is 0.280 e. The zero-order valence-corrected chi connectivity index (χ0v) is 14.8. The number of aryl methyl sites for hydroxylation is 1. The molecule has 1 unspecified atom stereocenters. The summed E-state index contributed by atoms with van der Waals surface area (Å²) in [5.41, 5.74) is 1.02. The van der Waals surface area contributed by atoms with Gasteiger partial charge in [-0.3, -0.25) is 14.4 Å². The SMILES string of the molecule is C[C@@H]1CCC[N+]1(C(=O)CCc1ccccc1)C(=O)ON1C(=O)CCC1=O. The summed E-state index contributed by atoms with van der Waals surface area (Å²) in [7, 11) is 0. The van der Waals surface area contributed by atoms with E-state index in [1.807, 2.05) is 37.3 Å². The summed E-state index contributed by atoms with van der Waals surface area (Å²) in [6, 6.07) is 9.35. The van der Waals surface area contributed by atoms with E-state index in [1.54, 1.807) is 0 Å². The predicted octanol–water partition coefficient (Wildman–Crippen LogP) is 2.35. The summed E-state index contributed by atoms with van der Waals surface area (Å²) >= 11 is 0. The van der Waals surface area contributed by atoms with Gasteiger partial charge in [0.2, 0.25) is 0 Å². The van der Waals surface area contributed by atoms with Crippen LogP contribution in [0.5, 0.6) is 0 Å². The molecule has 2 heterocycles. The van der Waals surface area contributed by atoms with E-state index in [9.17, 15) is 19.2 Å². The number of likely N-dealkylation sites (tertiary alicyclic amines) is 1. The largest absolute Gasteiger partial charge is 0.549 e. The third-order valence-electron chi connectivity index (χ3n) is 5.30. The Morgan fingerprint density at radius 1 is 1.15 bits per heavy atom. The highest BCUT2D eigenvalue weighted by atomic mass is 16.7. The lowest BCUT2D eigenvalue weighted by Crippen LogP contribution is -2.60. The average molecular weight is 359 g/mol. The highest BCUT2D eigenvalue weighted by Gasteiger charge is 2.55. The van der Waals surface area contributed by atoms with E-state index in [0.29, 0.717) is 24.4 Å². The van der Waals surface area contributed by atoms with Gasteiger partial charge in [-0.05, 0) is 18.9 Å². The van der Waals surface area contributed by atoms with Crippen LogP contribution >= 0.6 is 0 Å². The zero-order valence-electron chi connectivity index (χ0n) is 14.8. The van der Waals surface area contributed by atoms with Crippen molar-refractivity contribution in [2.75, 3.05) is 6.54 Å². The second kappa shape index (κ2) is 7.37. The second-order valence-corrected chi connectivity index (χ2v) is 6.90. The molecule has 2 saturated heterocycles. The molecular formula is C19H23N2O5+. The third-order valence-corrected chi connectivity index (χ3v) is 5.30. The van der Waals surface area contributed by atoms with Gasteiger partial charge in [0.05, 0.1) is 13.0 Å². The minimum atomic E-state index is -0.823. The molecule has 4 amide bonds. The van der Waals surface area contributed by atoms with Crippen molar-refractivity contribution < 1.29 is 28.5 Å². The summed E-state index contributed by atoms with van der Waals surface area (Å²) in [4.78, 5) is 54.5. The van der Waals surface area contributed by atoms with Crippen molar-refractivity contribution in [1.29, 1.82) is 0 Å². The maximum absolute atomic E-state index is 13.0. The second-order valence-electron chi connectivity index (χ2n) is 6.90. The van der Waals surface area contributed by atoms with Crippen LogP contribution in [-0.2, 0) is 25.6 Å². The van der Waals surface area contributed by atoms with Crippen LogP contribution in [0.15, 0.2) is 30.3 Å². The number of carbonyl (C=O) groups excluding carboxylic acids is 4. The number of benzene rings is 1. The van der Waals surface area contributed by atoms with E-state index in [1.165, 1.54) is 0 Å². The van der Waals surface area contributed by atoms with Crippen molar-refractivity contribution in [3.05, 3.63) is 35.9 Å². The molecule has 7 nitrogen and oxygen atoms in total. The van der Waals surface area contributed by atoms with Crippen molar-refractivity contribution >= 4 is 23.8 Å². The van der Waals surface area contributed by atoms with Gasteiger partial charge in [0.25, 0.3) is 11.8 Å². The van der Waals surface area contributed by atoms with Crippen LogP contribution in [0.2, 0.25) is 0 Å². The van der Waals surface area contributed by atoms with Crippen molar-refractivity contribution in [3.63, 3.8) is 0 Å². The fraction of sp³-hybridized carbons (Fsp3) is 0.474. The van der Waals surface area contributed by atoms with E-state index in [0.717, 1.165) is 12.0 Å². The molecule has 3 rings (SSSR count). The van der Waals surface area contributed by atoms with E-state index < -0.39 is 22.4 Å². The molecular weight excluding hydrogens is 336 g/mol. The van der Waals surface area contributed by atoms with E-state index in [4.69, 9.17) is 4.84 Å². The molecule has 1 aromatic rings. The lowest BCUT2D eigenvalue weighted by Gasteiger charge is -2.32. The summed E-state index contributed by atoms with van der Waals surface area (Å²) in [6.07, 6.45) is 1.40. The number of hydroxylamine groups is 2. The van der Waals surface area contributed by atoms with Crippen LogP contribution in [-0.4, -0.2) is 45.9 Å². The van der Waals surface area contributed by atoms with Crippen LogP contribution in [0.4, 0.5) is 4.79 Å². The van der Waals surface area contributed by atoms with Gasteiger partial charge in [-0.1, -0.05) is 35.4 Å². The minimum Gasteiger partial charge on any atom is -0.280 e. The number of quaternary nitrogens is 1. The lowest BCUT2D eigenvalue weighted by molar-refractivity contribution is -0.795. The summed E-state index contributed by atoms with van der Waals surface area (Å²) in [5, 5.41) is 0.526. The maximum atomic E-state index is 13.0. The zero-order chi connectivity index (χ0) is 18.7. The summed E-state index contributed by atoms with van der Waals surface area (Å²) < 4.78 is -0.454. The van der Waals surface area contributed by atoms with Crippen LogP contribution < -0.4 is 0 Å². The molecule has 0 spiro atoms. The third kappa shape index (κ3) is 3.26. The molecule has 138 valence electrons. The molecule has 0 aromatic heterocycles. The number of imide groups is 2. The first-order chi connectivity index (χ1) is 12.4. The molecule has 0 saturated carbocycles. The van der Waals surface area contributed by atoms with Crippen LogP contribution in [0.3, 0.4) is 0 Å². The van der Waals surface area contributed by atoms with Gasteiger partial charge in [-0.25, -0.2) is 4.79 Å². The molecule has 0 bridgehead atoms. The Bertz CT molecular complexity index is 717. The molecule has 2 aliphatic heterocycles. The van der Waals surface area contributed by atoms with Crippen molar-refractivity contribution in [1.82, 2.24) is 5.06 Å². The van der Waals surface area contributed by atoms with E-state index in [2.05, 4.69) is 0 Å². The molecule has 0 N–H and O–H groups in total. The molecule has 1 aromatic carbocycles. The van der Waals surface area contributed by atoms with Crippen LogP contribution in [0, 0.1) is 0 Å². The Kier molecular flexibility index (Phi) is 5.18. The Morgan fingerprint density at radius 3 is 2.38 bits per heavy atom. The topological polar surface area (TPSA) is 80.8 Å². The molecule has 2 fully saturated rings. The van der Waals surface area contributed by atoms with Gasteiger partial charge < -0.3 is 0 Å². The molecule has 0 radical (unpaired) electrons. The van der Waals surface area contributed by atoms with Gasteiger partial charge in [0.1, 0.15) is 6.04 Å². The highest BCUT2D eigenvalue weighted by molar-refractivity contribution is 6.01. The number of hydrogen-bond acceptors (Lipinski definition) is 5. The Morgan fingerprint density at radius 2 is 1.81 bits per heavy atom. The molecule has 0 aliphatic carbocycles. The number of hydrogen-bond donors (Lipinski definition) is 0. The van der Waals surface area contributed by atoms with Crippen LogP contribution in [0.25, 0.3) is 0 Å². The first-order valence-corrected chi connectivity index (χ1v) is 8.98. The minimum absolute atomic E-state index is 0.0314. The Labute approximate surface area is 152 Å². The summed E-state index contributed by atoms with van der Waals surface area (Å²) in [6.45, 7) is 2.17. The molecule has 26 heavy (non-hydrogen) atoms. The fourth-order valence-electron chi connectivity index (χ4n) is 3.72. The monoisotopic (exact) mass is 359 g/mol. The predicted molar refractivity (Wildman–Crippen MR) is 91.2 cm³/mol. The first kappa shape index (κ1) is 18.3. The quantitative estimate of drug-likeness (QED) is 0.609. The van der Waals surface area contributed by atoms with Crippen molar-refractivity contribution in [3.8, 4) is 0 Å². The summed E-state index contributed by atoms with van der Waals surface area (Å²) in [5.74, 6) is -1.31.